The fourth-order valence-electron chi connectivity index (χ4n) is 1.01. The van der Waals surface area contributed by atoms with Crippen LogP contribution < -0.4 is 10.5 Å². The van der Waals surface area contributed by atoms with Crippen LogP contribution in [0.4, 0.5) is 5.69 Å². The van der Waals surface area contributed by atoms with Gasteiger partial charge in [0.25, 0.3) is 0 Å². The maximum atomic E-state index is 10.8. The number of nitrogens with one attached hydrogen (secondary N) is 1. The molecule has 0 aliphatic carbocycles. The Labute approximate surface area is 93.3 Å². The van der Waals surface area contributed by atoms with Crippen molar-refractivity contribution in [2.75, 3.05) is 17.5 Å². The summed E-state index contributed by atoms with van der Waals surface area (Å²) in [5.74, 6) is -0.388. The molecule has 82 valence electrons. The largest absolute Gasteiger partial charge is 0.460 e. The van der Waals surface area contributed by atoms with E-state index in [1.807, 2.05) is 30.5 Å². The summed E-state index contributed by atoms with van der Waals surface area (Å²) in [6.07, 6.45) is 1.96. The smallest absolute Gasteiger partial charge is 0.320 e. The molecule has 1 aromatic rings. The van der Waals surface area contributed by atoms with Crippen LogP contribution in [0, 0.1) is 0 Å². The van der Waals surface area contributed by atoms with Crippen LogP contribution in [0.2, 0.25) is 0 Å². The van der Waals surface area contributed by atoms with Crippen molar-refractivity contribution in [3.05, 3.63) is 29.8 Å². The third-order valence-electron chi connectivity index (χ3n) is 1.74. The van der Waals surface area contributed by atoms with E-state index in [2.05, 4.69) is 4.72 Å². The quantitative estimate of drug-likeness (QED) is 0.586. The summed E-state index contributed by atoms with van der Waals surface area (Å²) < 4.78 is 7.99. The fourth-order valence-corrected chi connectivity index (χ4v) is 1.38. The minimum atomic E-state index is -0.388. The fraction of sp³-hybridized carbons (Fsp3) is 0.300. The first-order valence-electron chi connectivity index (χ1n) is 4.50. The first-order chi connectivity index (χ1) is 7.26. The molecule has 0 aliphatic heterocycles. The third-order valence-corrected chi connectivity index (χ3v) is 2.18. The van der Waals surface area contributed by atoms with Crippen LogP contribution in [0.15, 0.2) is 24.3 Å². The lowest BCUT2D eigenvalue weighted by Gasteiger charge is -2.05. The first-order valence-corrected chi connectivity index (χ1v) is 5.72. The van der Waals surface area contributed by atoms with Gasteiger partial charge in [0, 0.05) is 11.9 Å². The first kappa shape index (κ1) is 11.9. The monoisotopic (exact) mass is 226 g/mol. The molecule has 0 bridgehead atoms. The van der Waals surface area contributed by atoms with Gasteiger partial charge < -0.3 is 15.2 Å². The standard InChI is InChI=1S/C10H14N2O2S/c1-15-12-9-4-2-8(3-5-9)7-14-10(13)6-11/h2-5,12H,6-7,11H2,1H3. The number of hydrogen-bond acceptors (Lipinski definition) is 5. The average molecular weight is 226 g/mol. The third kappa shape index (κ3) is 4.22. The second-order valence-corrected chi connectivity index (χ2v) is 3.48. The van der Waals surface area contributed by atoms with E-state index < -0.39 is 0 Å². The molecule has 0 saturated carbocycles. The molecule has 0 aliphatic rings. The highest BCUT2D eigenvalue weighted by molar-refractivity contribution is 7.99. The lowest BCUT2D eigenvalue weighted by atomic mass is 10.2. The van der Waals surface area contributed by atoms with Crippen LogP contribution in [0.5, 0.6) is 0 Å². The van der Waals surface area contributed by atoms with Crippen molar-refractivity contribution in [1.29, 1.82) is 0 Å². The molecule has 0 unspecified atom stereocenters. The maximum Gasteiger partial charge on any atom is 0.320 e. The van der Waals surface area contributed by atoms with Crippen molar-refractivity contribution in [2.24, 2.45) is 5.73 Å². The number of carbonyl (C=O) groups excluding carboxylic acids is 1. The topological polar surface area (TPSA) is 64.3 Å². The van der Waals surface area contributed by atoms with E-state index in [0.717, 1.165) is 11.3 Å². The molecule has 0 amide bonds. The zero-order chi connectivity index (χ0) is 11.1. The van der Waals surface area contributed by atoms with Crippen molar-refractivity contribution in [3.63, 3.8) is 0 Å². The molecular formula is C10H14N2O2S. The van der Waals surface area contributed by atoms with Crippen molar-refractivity contribution < 1.29 is 9.53 Å². The molecule has 5 heteroatoms. The number of benzene rings is 1. The minimum Gasteiger partial charge on any atom is -0.460 e. The Kier molecular flexibility index (Phi) is 5.00. The Bertz CT molecular complexity index is 314. The van der Waals surface area contributed by atoms with Crippen LogP contribution in [-0.4, -0.2) is 18.8 Å². The molecule has 0 atom stereocenters. The molecule has 0 radical (unpaired) electrons. The number of carbonyl (C=O) groups is 1. The Balaban J connectivity index is 2.45. The number of ether oxygens (including phenoxy) is 1. The second kappa shape index (κ2) is 6.31. The molecular weight excluding hydrogens is 212 g/mol. The van der Waals surface area contributed by atoms with Gasteiger partial charge in [-0.25, -0.2) is 0 Å². The van der Waals surface area contributed by atoms with Crippen molar-refractivity contribution in [2.45, 2.75) is 6.61 Å². The van der Waals surface area contributed by atoms with E-state index in [9.17, 15) is 4.79 Å². The predicted octanol–water partition coefficient (Wildman–Crippen LogP) is 1.38. The van der Waals surface area contributed by atoms with Gasteiger partial charge in [0.05, 0.1) is 6.54 Å². The molecule has 0 fully saturated rings. The number of nitrogens with two attached hydrogens (primary N) is 1. The molecule has 3 N–H and O–H groups in total. The zero-order valence-corrected chi connectivity index (χ0v) is 9.34. The predicted molar refractivity (Wildman–Crippen MR) is 62.4 cm³/mol. The highest BCUT2D eigenvalue weighted by Crippen LogP contribution is 2.12. The van der Waals surface area contributed by atoms with E-state index in [-0.39, 0.29) is 19.1 Å². The van der Waals surface area contributed by atoms with Crippen LogP contribution in [0.25, 0.3) is 0 Å². The summed E-state index contributed by atoms with van der Waals surface area (Å²) in [6.45, 7) is 0.196. The number of rotatable bonds is 5. The van der Waals surface area contributed by atoms with E-state index in [4.69, 9.17) is 10.5 Å². The normalized spacial score (nSPS) is 9.73. The van der Waals surface area contributed by atoms with Gasteiger partial charge in [-0.05, 0) is 17.7 Å². The molecule has 15 heavy (non-hydrogen) atoms. The van der Waals surface area contributed by atoms with Gasteiger partial charge in [0.1, 0.15) is 6.61 Å². The lowest BCUT2D eigenvalue weighted by Crippen LogP contribution is -2.16. The summed E-state index contributed by atoms with van der Waals surface area (Å²) in [5, 5.41) is 0. The molecule has 0 heterocycles. The Hall–Kier alpha value is -1.20. The Morgan fingerprint density at radius 2 is 2.13 bits per heavy atom. The van der Waals surface area contributed by atoms with Crippen molar-refractivity contribution in [1.82, 2.24) is 0 Å². The summed E-state index contributed by atoms with van der Waals surface area (Å²) in [7, 11) is 0. The van der Waals surface area contributed by atoms with E-state index in [0.29, 0.717) is 0 Å². The molecule has 0 aromatic heterocycles. The van der Waals surface area contributed by atoms with Crippen LogP contribution in [-0.2, 0) is 16.1 Å². The van der Waals surface area contributed by atoms with Crippen LogP contribution in [0.3, 0.4) is 0 Å². The number of esters is 1. The summed E-state index contributed by atoms with van der Waals surface area (Å²) in [6, 6.07) is 7.68. The van der Waals surface area contributed by atoms with Gasteiger partial charge in [0.15, 0.2) is 0 Å². The Morgan fingerprint density at radius 3 is 2.67 bits per heavy atom. The van der Waals surface area contributed by atoms with E-state index >= 15 is 0 Å². The molecule has 4 nitrogen and oxygen atoms in total. The van der Waals surface area contributed by atoms with E-state index in [1.54, 1.807) is 0 Å². The Morgan fingerprint density at radius 1 is 1.47 bits per heavy atom. The maximum absolute atomic E-state index is 10.8. The molecule has 1 rings (SSSR count). The van der Waals surface area contributed by atoms with E-state index in [1.165, 1.54) is 11.9 Å². The highest BCUT2D eigenvalue weighted by atomic mass is 32.2. The summed E-state index contributed by atoms with van der Waals surface area (Å²) in [5.41, 5.74) is 7.08. The van der Waals surface area contributed by atoms with Crippen LogP contribution >= 0.6 is 11.9 Å². The van der Waals surface area contributed by atoms with Gasteiger partial charge >= 0.3 is 5.97 Å². The molecule has 1 aromatic carbocycles. The van der Waals surface area contributed by atoms with Gasteiger partial charge in [-0.15, -0.1) is 0 Å². The average Bonchev–Trinajstić information content (AvgIpc) is 2.28. The van der Waals surface area contributed by atoms with Gasteiger partial charge in [-0.1, -0.05) is 24.1 Å². The number of hydrogen-bond donors (Lipinski definition) is 2. The van der Waals surface area contributed by atoms with Crippen molar-refractivity contribution >= 4 is 23.6 Å². The summed E-state index contributed by atoms with van der Waals surface area (Å²) in [4.78, 5) is 10.8. The van der Waals surface area contributed by atoms with Gasteiger partial charge in [0.2, 0.25) is 0 Å². The lowest BCUT2D eigenvalue weighted by molar-refractivity contribution is -0.143. The highest BCUT2D eigenvalue weighted by Gasteiger charge is 1.99. The second-order valence-electron chi connectivity index (χ2n) is 2.87. The minimum absolute atomic E-state index is 0.0773. The summed E-state index contributed by atoms with van der Waals surface area (Å²) >= 11 is 1.53. The SMILES string of the molecule is CSNc1ccc(COC(=O)CN)cc1. The van der Waals surface area contributed by atoms with Gasteiger partial charge in [-0.3, -0.25) is 4.79 Å². The zero-order valence-electron chi connectivity index (χ0n) is 8.53. The van der Waals surface area contributed by atoms with Gasteiger partial charge in [-0.2, -0.15) is 0 Å². The number of anilines is 1. The van der Waals surface area contributed by atoms with Crippen molar-refractivity contribution in [3.8, 4) is 0 Å². The van der Waals surface area contributed by atoms with Crippen LogP contribution in [0.1, 0.15) is 5.56 Å². The molecule has 0 spiro atoms. The molecule has 0 saturated heterocycles.